The Balaban J connectivity index is 2.21. The molecule has 0 aromatic carbocycles. The van der Waals surface area contributed by atoms with Gasteiger partial charge >= 0.3 is 0 Å². The quantitative estimate of drug-likeness (QED) is 0.730. The third-order valence-corrected chi connectivity index (χ3v) is 4.47. The van der Waals surface area contributed by atoms with Crippen molar-refractivity contribution in [3.05, 3.63) is 28.7 Å². The van der Waals surface area contributed by atoms with Crippen molar-refractivity contribution in [3.63, 3.8) is 0 Å². The minimum Gasteiger partial charge on any atom is -0.444 e. The minimum atomic E-state index is -3.80. The summed E-state index contributed by atoms with van der Waals surface area (Å²) in [5, 5.41) is 15.4. The standard InChI is InChI=1S/C11H16N4O4S/c1-6-8(3)19-10(13-6)4-12-20(17,18)11-7(2)14-15-9(11)5-16/h12,16H,4-5H2,1-3H3,(H,14,15). The number of rotatable bonds is 5. The molecule has 0 saturated heterocycles. The lowest BCUT2D eigenvalue weighted by atomic mass is 10.4. The zero-order valence-electron chi connectivity index (χ0n) is 11.4. The monoisotopic (exact) mass is 300 g/mol. The highest BCUT2D eigenvalue weighted by atomic mass is 32.2. The molecule has 2 rings (SSSR count). The van der Waals surface area contributed by atoms with Crippen molar-refractivity contribution in [1.82, 2.24) is 19.9 Å². The first-order chi connectivity index (χ1) is 9.35. The molecular weight excluding hydrogens is 284 g/mol. The normalized spacial score (nSPS) is 12.0. The molecule has 0 unspecified atom stereocenters. The second kappa shape index (κ2) is 5.35. The summed E-state index contributed by atoms with van der Waals surface area (Å²) in [6.07, 6.45) is 0. The number of aromatic amines is 1. The molecule has 2 heterocycles. The number of aryl methyl sites for hydroxylation is 3. The number of aliphatic hydroxyl groups is 1. The summed E-state index contributed by atoms with van der Waals surface area (Å²) < 4.78 is 32.1. The fourth-order valence-electron chi connectivity index (χ4n) is 1.78. The van der Waals surface area contributed by atoms with E-state index in [0.717, 1.165) is 5.69 Å². The first kappa shape index (κ1) is 14.7. The molecule has 110 valence electrons. The molecule has 0 atom stereocenters. The maximum atomic E-state index is 12.2. The predicted molar refractivity (Wildman–Crippen MR) is 69.3 cm³/mol. The molecule has 0 radical (unpaired) electrons. The Morgan fingerprint density at radius 2 is 2.05 bits per heavy atom. The summed E-state index contributed by atoms with van der Waals surface area (Å²) >= 11 is 0. The Morgan fingerprint density at radius 1 is 1.35 bits per heavy atom. The van der Waals surface area contributed by atoms with Crippen LogP contribution in [0.1, 0.15) is 28.7 Å². The summed E-state index contributed by atoms with van der Waals surface area (Å²) in [4.78, 5) is 4.05. The average Bonchev–Trinajstić information content (AvgIpc) is 2.91. The number of oxazole rings is 1. The van der Waals surface area contributed by atoms with E-state index in [4.69, 9.17) is 9.52 Å². The highest BCUT2D eigenvalue weighted by Crippen LogP contribution is 2.18. The van der Waals surface area contributed by atoms with Crippen LogP contribution in [0.2, 0.25) is 0 Å². The summed E-state index contributed by atoms with van der Waals surface area (Å²) in [7, 11) is -3.80. The van der Waals surface area contributed by atoms with Gasteiger partial charge in [-0.2, -0.15) is 5.10 Å². The largest absolute Gasteiger partial charge is 0.444 e. The van der Waals surface area contributed by atoms with Crippen LogP contribution in [0.15, 0.2) is 9.31 Å². The van der Waals surface area contributed by atoms with Crippen molar-refractivity contribution >= 4 is 10.0 Å². The molecule has 0 amide bonds. The molecule has 0 spiro atoms. The van der Waals surface area contributed by atoms with E-state index in [1.165, 1.54) is 0 Å². The van der Waals surface area contributed by atoms with Gasteiger partial charge in [0.2, 0.25) is 15.9 Å². The van der Waals surface area contributed by atoms with E-state index in [1.807, 2.05) is 0 Å². The van der Waals surface area contributed by atoms with Gasteiger partial charge in [-0.1, -0.05) is 0 Å². The highest BCUT2D eigenvalue weighted by molar-refractivity contribution is 7.89. The third-order valence-electron chi connectivity index (χ3n) is 2.87. The second-order valence-electron chi connectivity index (χ2n) is 4.36. The number of nitrogens with one attached hydrogen (secondary N) is 2. The number of sulfonamides is 1. The van der Waals surface area contributed by atoms with Gasteiger partial charge in [0.15, 0.2) is 0 Å². The molecule has 8 nitrogen and oxygen atoms in total. The average molecular weight is 300 g/mol. The summed E-state index contributed by atoms with van der Waals surface area (Å²) in [6, 6.07) is 0. The lowest BCUT2D eigenvalue weighted by Gasteiger charge is -2.05. The van der Waals surface area contributed by atoms with Gasteiger partial charge in [-0.25, -0.2) is 18.1 Å². The van der Waals surface area contributed by atoms with Crippen LogP contribution < -0.4 is 4.72 Å². The van der Waals surface area contributed by atoms with Gasteiger partial charge in [0.05, 0.1) is 24.5 Å². The van der Waals surface area contributed by atoms with Crippen molar-refractivity contribution in [2.24, 2.45) is 0 Å². The van der Waals surface area contributed by atoms with Crippen LogP contribution in [-0.4, -0.2) is 28.7 Å². The first-order valence-electron chi connectivity index (χ1n) is 5.92. The van der Waals surface area contributed by atoms with E-state index in [-0.39, 0.29) is 23.0 Å². The van der Waals surface area contributed by atoms with Gasteiger partial charge in [-0.3, -0.25) is 5.10 Å². The first-order valence-corrected chi connectivity index (χ1v) is 7.40. The summed E-state index contributed by atoms with van der Waals surface area (Å²) in [6.45, 7) is 4.58. The summed E-state index contributed by atoms with van der Waals surface area (Å²) in [5.41, 5.74) is 1.16. The van der Waals surface area contributed by atoms with Gasteiger partial charge in [-0.15, -0.1) is 0 Å². The molecule has 9 heteroatoms. The Morgan fingerprint density at radius 3 is 2.60 bits per heavy atom. The smallest absolute Gasteiger partial charge is 0.244 e. The van der Waals surface area contributed by atoms with E-state index >= 15 is 0 Å². The van der Waals surface area contributed by atoms with Crippen LogP contribution in [0.3, 0.4) is 0 Å². The molecule has 0 saturated carbocycles. The fraction of sp³-hybridized carbons (Fsp3) is 0.455. The fourth-order valence-corrected chi connectivity index (χ4v) is 3.10. The number of nitrogens with zero attached hydrogens (tertiary/aromatic N) is 2. The number of hydrogen-bond donors (Lipinski definition) is 3. The minimum absolute atomic E-state index is 0.0417. The van der Waals surface area contributed by atoms with Crippen molar-refractivity contribution in [1.29, 1.82) is 0 Å². The van der Waals surface area contributed by atoms with Gasteiger partial charge in [0.1, 0.15) is 16.3 Å². The van der Waals surface area contributed by atoms with Crippen molar-refractivity contribution < 1.29 is 17.9 Å². The van der Waals surface area contributed by atoms with E-state index in [2.05, 4.69) is 19.9 Å². The predicted octanol–water partition coefficient (Wildman–Crippen LogP) is 0.294. The van der Waals surface area contributed by atoms with Gasteiger partial charge in [0.25, 0.3) is 0 Å². The van der Waals surface area contributed by atoms with Gasteiger partial charge in [-0.05, 0) is 20.8 Å². The zero-order valence-corrected chi connectivity index (χ0v) is 12.2. The number of hydrogen-bond acceptors (Lipinski definition) is 6. The van der Waals surface area contributed by atoms with Gasteiger partial charge < -0.3 is 9.52 Å². The summed E-state index contributed by atoms with van der Waals surface area (Å²) in [5.74, 6) is 0.935. The number of H-pyrrole nitrogens is 1. The van der Waals surface area contributed by atoms with Crippen LogP contribution in [0, 0.1) is 20.8 Å². The third kappa shape index (κ3) is 2.74. The Bertz CT molecular complexity index is 697. The van der Waals surface area contributed by atoms with E-state index in [9.17, 15) is 8.42 Å². The van der Waals surface area contributed by atoms with E-state index in [0.29, 0.717) is 11.5 Å². The van der Waals surface area contributed by atoms with Crippen LogP contribution in [0.25, 0.3) is 0 Å². The van der Waals surface area contributed by atoms with Crippen molar-refractivity contribution in [2.45, 2.75) is 38.8 Å². The molecule has 0 aliphatic carbocycles. The SMILES string of the molecule is Cc1nc(CNS(=O)(=O)c2c(CO)n[nH]c2C)oc1C. The Kier molecular flexibility index (Phi) is 3.93. The molecule has 2 aromatic heterocycles. The molecule has 3 N–H and O–H groups in total. The molecular formula is C11H16N4O4S. The lowest BCUT2D eigenvalue weighted by molar-refractivity contribution is 0.273. The van der Waals surface area contributed by atoms with Crippen LogP contribution in [-0.2, 0) is 23.2 Å². The highest BCUT2D eigenvalue weighted by Gasteiger charge is 2.24. The molecule has 0 bridgehead atoms. The Labute approximate surface area is 116 Å². The molecule has 0 aliphatic heterocycles. The maximum absolute atomic E-state index is 12.2. The van der Waals surface area contributed by atoms with Crippen LogP contribution >= 0.6 is 0 Å². The van der Waals surface area contributed by atoms with E-state index < -0.39 is 16.6 Å². The Hall–Kier alpha value is -1.71. The zero-order chi connectivity index (χ0) is 14.9. The molecule has 0 aliphatic rings. The van der Waals surface area contributed by atoms with Crippen molar-refractivity contribution in [3.8, 4) is 0 Å². The maximum Gasteiger partial charge on any atom is 0.244 e. The topological polar surface area (TPSA) is 121 Å². The molecule has 0 fully saturated rings. The van der Waals surface area contributed by atoms with Gasteiger partial charge in [0, 0.05) is 0 Å². The van der Waals surface area contributed by atoms with Crippen LogP contribution in [0.4, 0.5) is 0 Å². The van der Waals surface area contributed by atoms with E-state index in [1.54, 1.807) is 20.8 Å². The number of aromatic nitrogens is 3. The number of aliphatic hydroxyl groups excluding tert-OH is 1. The lowest BCUT2D eigenvalue weighted by Crippen LogP contribution is -2.24. The molecule has 20 heavy (non-hydrogen) atoms. The van der Waals surface area contributed by atoms with Crippen molar-refractivity contribution in [2.75, 3.05) is 0 Å². The molecule has 2 aromatic rings. The second-order valence-corrected chi connectivity index (χ2v) is 6.06. The van der Waals surface area contributed by atoms with Crippen LogP contribution in [0.5, 0.6) is 0 Å².